The molecule has 0 radical (unpaired) electrons. The summed E-state index contributed by atoms with van der Waals surface area (Å²) in [7, 11) is 0. The number of allylic oxidation sites excluding steroid dienone is 1. The Balaban J connectivity index is 1.59. The zero-order chi connectivity index (χ0) is 29.9. The lowest BCUT2D eigenvalue weighted by Gasteiger charge is -2.20. The Morgan fingerprint density at radius 1 is 0.707 bits per heavy atom. The maximum atomic E-state index is 14.8. The monoisotopic (exact) mass is 576 g/mol. The van der Waals surface area contributed by atoms with E-state index in [1.54, 1.807) is 12.1 Å². The van der Waals surface area contributed by atoms with Crippen molar-refractivity contribution >= 4 is 0 Å². The quantitative estimate of drug-likeness (QED) is 0.0924. The Labute approximate surface area is 228 Å². The fraction of sp³-hybridized carbons (Fsp3) is 0.0968. The van der Waals surface area contributed by atoms with E-state index >= 15 is 0 Å². The van der Waals surface area contributed by atoms with Gasteiger partial charge in [-0.3, -0.25) is 0 Å². The van der Waals surface area contributed by atoms with Gasteiger partial charge in [0.15, 0.2) is 17.5 Å². The van der Waals surface area contributed by atoms with Crippen LogP contribution in [0, 0.1) is 52.6 Å². The lowest BCUT2D eigenvalue weighted by atomic mass is 10.00. The Bertz CT molecular complexity index is 1650. The molecule has 41 heavy (non-hydrogen) atoms. The fourth-order valence-electron chi connectivity index (χ4n) is 3.85. The SMILES string of the molecule is C=CCCc1ccc(C#Cc2ccc(-c3cc(F)c(C(F)(F)Oc4cc(F)c(F)c(F)c4)c(F)c3)c(F)c2)c(F)c1. The molecule has 10 heteroatoms. The molecule has 0 saturated heterocycles. The lowest BCUT2D eigenvalue weighted by molar-refractivity contribution is -0.189. The fourth-order valence-corrected chi connectivity index (χ4v) is 3.85. The minimum absolute atomic E-state index is 0.0610. The van der Waals surface area contributed by atoms with Crippen LogP contribution in [0.3, 0.4) is 0 Å². The first-order valence-corrected chi connectivity index (χ1v) is 11.8. The van der Waals surface area contributed by atoms with E-state index in [2.05, 4.69) is 23.2 Å². The molecule has 0 amide bonds. The maximum absolute atomic E-state index is 14.8. The topological polar surface area (TPSA) is 9.23 Å². The van der Waals surface area contributed by atoms with Crippen LogP contribution in [0.25, 0.3) is 11.1 Å². The molecule has 0 aliphatic rings. The van der Waals surface area contributed by atoms with E-state index in [9.17, 15) is 39.5 Å². The molecular weight excluding hydrogens is 559 g/mol. The number of rotatable bonds is 7. The molecule has 0 atom stereocenters. The van der Waals surface area contributed by atoms with Crippen LogP contribution < -0.4 is 4.74 Å². The van der Waals surface area contributed by atoms with Crippen LogP contribution in [0.5, 0.6) is 5.75 Å². The summed E-state index contributed by atoms with van der Waals surface area (Å²) in [5.74, 6) is -7.06. The first-order chi connectivity index (χ1) is 19.4. The van der Waals surface area contributed by atoms with E-state index in [1.807, 2.05) is 0 Å². The molecule has 0 spiro atoms. The second kappa shape index (κ2) is 11.8. The molecule has 1 nitrogen and oxygen atoms in total. The zero-order valence-electron chi connectivity index (χ0n) is 20.8. The third-order valence-corrected chi connectivity index (χ3v) is 5.83. The number of hydrogen-bond acceptors (Lipinski definition) is 1. The third-order valence-electron chi connectivity index (χ3n) is 5.83. The Hall–Kier alpha value is -4.65. The van der Waals surface area contributed by atoms with Gasteiger partial charge < -0.3 is 4.74 Å². The molecule has 0 N–H and O–H groups in total. The predicted octanol–water partition coefficient (Wildman–Crippen LogP) is 8.97. The van der Waals surface area contributed by atoms with Crippen molar-refractivity contribution in [2.24, 2.45) is 0 Å². The number of benzene rings is 4. The van der Waals surface area contributed by atoms with Crippen molar-refractivity contribution in [2.75, 3.05) is 0 Å². The number of ether oxygens (including phenoxy) is 1. The number of aryl methyl sites for hydroxylation is 1. The van der Waals surface area contributed by atoms with Gasteiger partial charge in [0.2, 0.25) is 0 Å². The van der Waals surface area contributed by atoms with E-state index in [4.69, 9.17) is 0 Å². The summed E-state index contributed by atoms with van der Waals surface area (Å²) in [5, 5.41) is 0. The molecule has 0 fully saturated rings. The highest BCUT2D eigenvalue weighted by atomic mass is 19.3. The second-order valence-electron chi connectivity index (χ2n) is 8.72. The summed E-state index contributed by atoms with van der Waals surface area (Å²) in [5.41, 5.74) is -1.85. The minimum Gasteiger partial charge on any atom is -0.429 e. The van der Waals surface area contributed by atoms with Gasteiger partial charge in [-0.15, -0.1) is 6.58 Å². The summed E-state index contributed by atoms with van der Waals surface area (Å²) in [6, 6.07) is 8.75. The minimum atomic E-state index is -4.79. The molecule has 0 aromatic heterocycles. The Morgan fingerprint density at radius 2 is 1.37 bits per heavy atom. The van der Waals surface area contributed by atoms with Crippen LogP contribution in [0.2, 0.25) is 0 Å². The van der Waals surface area contributed by atoms with Gasteiger partial charge in [-0.2, -0.15) is 8.78 Å². The van der Waals surface area contributed by atoms with Gasteiger partial charge in [0, 0.05) is 23.3 Å². The van der Waals surface area contributed by atoms with E-state index < -0.39 is 63.7 Å². The van der Waals surface area contributed by atoms with Crippen LogP contribution >= 0.6 is 0 Å². The molecule has 0 saturated carbocycles. The largest absolute Gasteiger partial charge is 0.432 e. The van der Waals surface area contributed by atoms with Gasteiger partial charge in [0.05, 0.1) is 5.56 Å². The van der Waals surface area contributed by atoms with Crippen molar-refractivity contribution in [1.29, 1.82) is 0 Å². The molecule has 0 bridgehead atoms. The third kappa shape index (κ3) is 6.57. The number of hydrogen-bond donors (Lipinski definition) is 0. The van der Waals surface area contributed by atoms with Gasteiger partial charge >= 0.3 is 6.11 Å². The molecule has 210 valence electrons. The van der Waals surface area contributed by atoms with Crippen molar-refractivity contribution in [3.8, 4) is 28.7 Å². The van der Waals surface area contributed by atoms with Crippen LogP contribution in [0.15, 0.2) is 73.3 Å². The smallest absolute Gasteiger partial charge is 0.429 e. The van der Waals surface area contributed by atoms with Crippen molar-refractivity contribution in [3.05, 3.63) is 136 Å². The van der Waals surface area contributed by atoms with Gasteiger partial charge in [0.1, 0.15) is 34.6 Å². The zero-order valence-corrected chi connectivity index (χ0v) is 20.8. The summed E-state index contributed by atoms with van der Waals surface area (Å²) >= 11 is 0. The average molecular weight is 576 g/mol. The Kier molecular flexibility index (Phi) is 8.47. The van der Waals surface area contributed by atoms with E-state index in [0.717, 1.165) is 17.7 Å². The highest BCUT2D eigenvalue weighted by molar-refractivity contribution is 5.66. The van der Waals surface area contributed by atoms with E-state index in [0.29, 0.717) is 25.0 Å². The lowest BCUT2D eigenvalue weighted by Crippen LogP contribution is -2.25. The maximum Gasteiger partial charge on any atom is 0.432 e. The van der Waals surface area contributed by atoms with Gasteiger partial charge in [-0.25, -0.2) is 30.7 Å². The van der Waals surface area contributed by atoms with Gasteiger partial charge in [-0.05, 0) is 60.4 Å². The van der Waals surface area contributed by atoms with E-state index in [1.165, 1.54) is 18.2 Å². The molecular formula is C31H17F9O. The molecule has 0 heterocycles. The van der Waals surface area contributed by atoms with Crippen molar-refractivity contribution < 1.29 is 44.3 Å². The average Bonchev–Trinajstić information content (AvgIpc) is 2.89. The molecule has 0 unspecified atom stereocenters. The normalized spacial score (nSPS) is 11.1. The van der Waals surface area contributed by atoms with Gasteiger partial charge in [-0.1, -0.05) is 30.0 Å². The second-order valence-corrected chi connectivity index (χ2v) is 8.72. The van der Waals surface area contributed by atoms with Crippen LogP contribution in [0.1, 0.15) is 28.7 Å². The van der Waals surface area contributed by atoms with Crippen molar-refractivity contribution in [2.45, 2.75) is 19.0 Å². The Morgan fingerprint density at radius 3 is 1.95 bits per heavy atom. The highest BCUT2D eigenvalue weighted by Crippen LogP contribution is 2.38. The first kappa shape index (κ1) is 29.3. The van der Waals surface area contributed by atoms with Crippen molar-refractivity contribution in [3.63, 3.8) is 0 Å². The molecule has 4 rings (SSSR count). The number of halogens is 9. The summed E-state index contributed by atoms with van der Waals surface area (Å²) < 4.78 is 131. The summed E-state index contributed by atoms with van der Waals surface area (Å²) in [6.45, 7) is 3.60. The van der Waals surface area contributed by atoms with Crippen LogP contribution in [-0.4, -0.2) is 0 Å². The first-order valence-electron chi connectivity index (χ1n) is 11.8. The highest BCUT2D eigenvalue weighted by Gasteiger charge is 2.41. The van der Waals surface area contributed by atoms with E-state index in [-0.39, 0.29) is 28.8 Å². The standard InChI is InChI=1S/C31H17F9O/c1-2-3-4-17-5-8-19(23(32)11-17)9-6-18-7-10-22(24(33)12-18)20-13-25(34)29(26(35)14-20)31(39,40)41-21-15-27(36)30(38)28(37)16-21/h2,5,7-8,10-16H,1,3-4H2. The molecule has 0 aliphatic carbocycles. The number of alkyl halides is 2. The molecule has 0 aliphatic heterocycles. The van der Waals surface area contributed by atoms with Crippen LogP contribution in [0.4, 0.5) is 39.5 Å². The van der Waals surface area contributed by atoms with Gasteiger partial charge in [0.25, 0.3) is 0 Å². The van der Waals surface area contributed by atoms with Crippen molar-refractivity contribution in [1.82, 2.24) is 0 Å². The predicted molar refractivity (Wildman–Crippen MR) is 133 cm³/mol. The summed E-state index contributed by atoms with van der Waals surface area (Å²) in [4.78, 5) is 0. The van der Waals surface area contributed by atoms with Crippen LogP contribution in [-0.2, 0) is 12.5 Å². The molecule has 4 aromatic carbocycles. The molecule has 4 aromatic rings. The summed E-state index contributed by atoms with van der Waals surface area (Å²) in [6.07, 6.45) is -1.82.